The third-order valence-electron chi connectivity index (χ3n) is 4.14. The fourth-order valence-electron chi connectivity index (χ4n) is 2.70. The first kappa shape index (κ1) is 19.1. The van der Waals surface area contributed by atoms with Crippen molar-refractivity contribution in [3.63, 3.8) is 0 Å². The van der Waals surface area contributed by atoms with E-state index in [4.69, 9.17) is 15.2 Å². The van der Waals surface area contributed by atoms with E-state index >= 15 is 0 Å². The van der Waals surface area contributed by atoms with Crippen molar-refractivity contribution in [2.75, 3.05) is 18.9 Å². The van der Waals surface area contributed by atoms with Crippen molar-refractivity contribution >= 4 is 17.6 Å². The maximum atomic E-state index is 12.3. The summed E-state index contributed by atoms with van der Waals surface area (Å²) in [5.41, 5.74) is 6.64. The molecule has 1 aromatic rings. The molecule has 6 nitrogen and oxygen atoms in total. The molecule has 0 unspecified atom stereocenters. The van der Waals surface area contributed by atoms with Gasteiger partial charge in [0.15, 0.2) is 6.61 Å². The van der Waals surface area contributed by atoms with Gasteiger partial charge in [-0.15, -0.1) is 0 Å². The van der Waals surface area contributed by atoms with Crippen LogP contribution in [0.25, 0.3) is 0 Å². The van der Waals surface area contributed by atoms with Crippen molar-refractivity contribution in [2.45, 2.75) is 52.1 Å². The Kier molecular flexibility index (Phi) is 7.10. The summed E-state index contributed by atoms with van der Waals surface area (Å²) in [6, 6.07) is 4.75. The highest BCUT2D eigenvalue weighted by molar-refractivity contribution is 5.91. The van der Waals surface area contributed by atoms with Crippen LogP contribution in [0.3, 0.4) is 0 Å². The number of carbonyl (C=O) groups excluding carboxylic acids is 2. The number of benzene rings is 1. The summed E-state index contributed by atoms with van der Waals surface area (Å²) in [6.07, 6.45) is 5.22. The molecule has 1 aliphatic carbocycles. The van der Waals surface area contributed by atoms with Gasteiger partial charge in [0.25, 0.3) is 5.91 Å². The van der Waals surface area contributed by atoms with E-state index in [1.54, 1.807) is 12.1 Å². The molecule has 1 amide bonds. The van der Waals surface area contributed by atoms with Gasteiger partial charge in [0.05, 0.1) is 11.3 Å². The Labute approximate surface area is 149 Å². The summed E-state index contributed by atoms with van der Waals surface area (Å²) in [6.45, 7) is 4.48. The number of anilines is 1. The van der Waals surface area contributed by atoms with Gasteiger partial charge < -0.3 is 20.5 Å². The minimum Gasteiger partial charge on any atom is -0.482 e. The number of hydrogen-bond acceptors (Lipinski definition) is 5. The first-order chi connectivity index (χ1) is 12.0. The van der Waals surface area contributed by atoms with E-state index in [1.807, 2.05) is 13.8 Å². The SMILES string of the molecule is CC(C)CNC(=O)COc1cc(C(=O)OC2CCCCC2)ccc1N. The maximum Gasteiger partial charge on any atom is 0.338 e. The summed E-state index contributed by atoms with van der Waals surface area (Å²) in [4.78, 5) is 24.0. The van der Waals surface area contributed by atoms with Crippen LogP contribution in [0.2, 0.25) is 0 Å². The smallest absolute Gasteiger partial charge is 0.338 e. The van der Waals surface area contributed by atoms with Crippen molar-refractivity contribution in [3.8, 4) is 5.75 Å². The third-order valence-corrected chi connectivity index (χ3v) is 4.14. The lowest BCUT2D eigenvalue weighted by molar-refractivity contribution is -0.123. The number of hydrogen-bond donors (Lipinski definition) is 2. The zero-order valence-electron chi connectivity index (χ0n) is 15.0. The molecule has 0 radical (unpaired) electrons. The zero-order valence-corrected chi connectivity index (χ0v) is 15.0. The molecular weight excluding hydrogens is 320 g/mol. The van der Waals surface area contributed by atoms with E-state index in [-0.39, 0.29) is 24.6 Å². The largest absolute Gasteiger partial charge is 0.482 e. The lowest BCUT2D eigenvalue weighted by Crippen LogP contribution is -2.31. The molecule has 1 aliphatic rings. The van der Waals surface area contributed by atoms with E-state index in [0.717, 1.165) is 25.7 Å². The Morgan fingerprint density at radius 2 is 1.96 bits per heavy atom. The van der Waals surface area contributed by atoms with Crippen molar-refractivity contribution in [2.24, 2.45) is 5.92 Å². The van der Waals surface area contributed by atoms with Crippen LogP contribution in [-0.4, -0.2) is 31.1 Å². The molecule has 6 heteroatoms. The number of nitrogens with two attached hydrogens (primary N) is 1. The molecular formula is C19H28N2O4. The molecule has 1 saturated carbocycles. The fraction of sp³-hybridized carbons (Fsp3) is 0.579. The summed E-state index contributed by atoms with van der Waals surface area (Å²) < 4.78 is 11.0. The first-order valence-electron chi connectivity index (χ1n) is 8.95. The summed E-state index contributed by atoms with van der Waals surface area (Å²) >= 11 is 0. The molecule has 0 aliphatic heterocycles. The highest BCUT2D eigenvalue weighted by Crippen LogP contribution is 2.25. The van der Waals surface area contributed by atoms with Crippen LogP contribution < -0.4 is 15.8 Å². The average Bonchev–Trinajstić information content (AvgIpc) is 2.60. The number of amides is 1. The van der Waals surface area contributed by atoms with Gasteiger partial charge in [-0.3, -0.25) is 4.79 Å². The van der Waals surface area contributed by atoms with Gasteiger partial charge in [-0.05, 0) is 49.8 Å². The molecule has 138 valence electrons. The number of ether oxygens (including phenoxy) is 2. The lowest BCUT2D eigenvalue weighted by atomic mass is 9.98. The molecule has 0 atom stereocenters. The topological polar surface area (TPSA) is 90.6 Å². The fourth-order valence-corrected chi connectivity index (χ4v) is 2.70. The van der Waals surface area contributed by atoms with E-state index in [1.165, 1.54) is 12.5 Å². The van der Waals surface area contributed by atoms with E-state index in [0.29, 0.717) is 29.5 Å². The molecule has 3 N–H and O–H groups in total. The summed E-state index contributed by atoms with van der Waals surface area (Å²) in [7, 11) is 0. The highest BCUT2D eigenvalue weighted by atomic mass is 16.5. The molecule has 2 rings (SSSR count). The monoisotopic (exact) mass is 348 g/mol. The normalized spacial score (nSPS) is 15.0. The Hall–Kier alpha value is -2.24. The number of carbonyl (C=O) groups is 2. The molecule has 25 heavy (non-hydrogen) atoms. The van der Waals surface area contributed by atoms with Crippen LogP contribution in [0.4, 0.5) is 5.69 Å². The molecule has 0 heterocycles. The predicted molar refractivity (Wildman–Crippen MR) is 96.5 cm³/mol. The number of rotatable bonds is 7. The van der Waals surface area contributed by atoms with E-state index < -0.39 is 0 Å². The maximum absolute atomic E-state index is 12.3. The van der Waals surface area contributed by atoms with Gasteiger partial charge in [-0.2, -0.15) is 0 Å². The Morgan fingerprint density at radius 3 is 2.64 bits per heavy atom. The average molecular weight is 348 g/mol. The first-order valence-corrected chi connectivity index (χ1v) is 8.95. The van der Waals surface area contributed by atoms with Gasteiger partial charge in [0.1, 0.15) is 11.9 Å². The number of nitrogen functional groups attached to an aromatic ring is 1. The summed E-state index contributed by atoms with van der Waals surface area (Å²) in [5, 5.41) is 2.77. The van der Waals surface area contributed by atoms with Crippen molar-refractivity contribution < 1.29 is 19.1 Å². The van der Waals surface area contributed by atoms with Gasteiger partial charge in [0.2, 0.25) is 0 Å². The third kappa shape index (κ3) is 6.29. The standard InChI is InChI=1S/C19H28N2O4/c1-13(2)11-21-18(22)12-24-17-10-14(8-9-16(17)20)19(23)25-15-6-4-3-5-7-15/h8-10,13,15H,3-7,11-12,20H2,1-2H3,(H,21,22). The van der Waals surface area contributed by atoms with Crippen LogP contribution in [0.1, 0.15) is 56.3 Å². The second-order valence-corrected chi connectivity index (χ2v) is 6.90. The molecule has 0 aromatic heterocycles. The Balaban J connectivity index is 1.92. The van der Waals surface area contributed by atoms with Crippen LogP contribution in [0.15, 0.2) is 18.2 Å². The second kappa shape index (κ2) is 9.30. The molecule has 1 fully saturated rings. The minimum atomic E-state index is -0.374. The van der Waals surface area contributed by atoms with Gasteiger partial charge in [-0.1, -0.05) is 20.3 Å². The minimum absolute atomic E-state index is 0.00928. The van der Waals surface area contributed by atoms with Crippen LogP contribution in [-0.2, 0) is 9.53 Å². The lowest BCUT2D eigenvalue weighted by Gasteiger charge is -2.22. The van der Waals surface area contributed by atoms with Gasteiger partial charge in [0, 0.05) is 6.54 Å². The van der Waals surface area contributed by atoms with Crippen LogP contribution in [0.5, 0.6) is 5.75 Å². The molecule has 0 bridgehead atoms. The van der Waals surface area contributed by atoms with E-state index in [2.05, 4.69) is 5.32 Å². The number of nitrogens with one attached hydrogen (secondary N) is 1. The quantitative estimate of drug-likeness (QED) is 0.584. The molecule has 0 saturated heterocycles. The van der Waals surface area contributed by atoms with Gasteiger partial charge >= 0.3 is 5.97 Å². The summed E-state index contributed by atoms with van der Waals surface area (Å²) in [5.74, 6) is 0.0917. The van der Waals surface area contributed by atoms with Crippen molar-refractivity contribution in [1.82, 2.24) is 5.32 Å². The highest BCUT2D eigenvalue weighted by Gasteiger charge is 2.19. The van der Waals surface area contributed by atoms with Gasteiger partial charge in [-0.25, -0.2) is 4.79 Å². The second-order valence-electron chi connectivity index (χ2n) is 6.90. The van der Waals surface area contributed by atoms with Crippen LogP contribution in [0, 0.1) is 5.92 Å². The van der Waals surface area contributed by atoms with Crippen molar-refractivity contribution in [1.29, 1.82) is 0 Å². The Morgan fingerprint density at radius 1 is 1.24 bits per heavy atom. The van der Waals surface area contributed by atoms with Crippen molar-refractivity contribution in [3.05, 3.63) is 23.8 Å². The van der Waals surface area contributed by atoms with E-state index in [9.17, 15) is 9.59 Å². The molecule has 0 spiro atoms. The zero-order chi connectivity index (χ0) is 18.2. The van der Waals surface area contributed by atoms with Crippen LogP contribution >= 0.6 is 0 Å². The Bertz CT molecular complexity index is 595. The number of esters is 1. The molecule has 1 aromatic carbocycles. The predicted octanol–water partition coefficient (Wildman–Crippen LogP) is 2.91.